The Labute approximate surface area is 184 Å². The summed E-state index contributed by atoms with van der Waals surface area (Å²) in [6.45, 7) is -0.533. The fourth-order valence-corrected chi connectivity index (χ4v) is 3.30. The number of carbonyl (C=O) groups is 1. The van der Waals surface area contributed by atoms with Gasteiger partial charge in [-0.1, -0.05) is 24.3 Å². The molecule has 3 aromatic rings. The van der Waals surface area contributed by atoms with Gasteiger partial charge in [-0.05, 0) is 41.5 Å². The number of ketones is 1. The molecular formula is C22H22ClF2N3O3. The van der Waals surface area contributed by atoms with Crippen LogP contribution < -0.4 is 10.1 Å². The number of halogens is 3. The van der Waals surface area contributed by atoms with E-state index in [0.29, 0.717) is 18.0 Å². The molecule has 0 radical (unpaired) electrons. The Bertz CT molecular complexity index is 988. The third-order valence-electron chi connectivity index (χ3n) is 4.84. The molecule has 1 aromatic heterocycles. The van der Waals surface area contributed by atoms with Crippen molar-refractivity contribution in [3.63, 3.8) is 0 Å². The first-order chi connectivity index (χ1) is 14.6. The molecule has 164 valence electrons. The van der Waals surface area contributed by atoms with E-state index in [2.05, 4.69) is 15.2 Å². The Hall–Kier alpha value is -2.81. The smallest absolute Gasteiger partial charge is 0.387 e. The highest BCUT2D eigenvalue weighted by Gasteiger charge is 2.16. The SMILES string of the molecule is Cl.O=C(Cc1ccc([C@@H]2CNCCO2)cc1)c1ccn(-c2ccc(OC(F)F)cc2)n1. The van der Waals surface area contributed by atoms with E-state index in [9.17, 15) is 13.6 Å². The van der Waals surface area contributed by atoms with Crippen molar-refractivity contribution in [1.82, 2.24) is 15.1 Å². The second-order valence-corrected chi connectivity index (χ2v) is 6.92. The van der Waals surface area contributed by atoms with E-state index in [1.807, 2.05) is 24.3 Å². The Kier molecular flexibility index (Phi) is 7.73. The summed E-state index contributed by atoms with van der Waals surface area (Å²) in [5.74, 6) is -0.0372. The van der Waals surface area contributed by atoms with Gasteiger partial charge in [0.2, 0.25) is 0 Å². The first-order valence-corrected chi connectivity index (χ1v) is 9.64. The van der Waals surface area contributed by atoms with Gasteiger partial charge in [0.05, 0.1) is 18.4 Å². The largest absolute Gasteiger partial charge is 0.435 e. The van der Waals surface area contributed by atoms with Crippen LogP contribution in [0.15, 0.2) is 60.8 Å². The number of Topliss-reactive ketones (excluding diaryl/α,β-unsaturated/α-hetero) is 1. The molecule has 0 spiro atoms. The Morgan fingerprint density at radius 1 is 1.16 bits per heavy atom. The third-order valence-corrected chi connectivity index (χ3v) is 4.84. The number of nitrogens with zero attached hydrogens (tertiary/aromatic N) is 2. The van der Waals surface area contributed by atoms with Crippen LogP contribution in [0.3, 0.4) is 0 Å². The number of benzene rings is 2. The lowest BCUT2D eigenvalue weighted by Crippen LogP contribution is -2.33. The average Bonchev–Trinajstić information content (AvgIpc) is 3.25. The summed E-state index contributed by atoms with van der Waals surface area (Å²) in [5.41, 5.74) is 2.96. The van der Waals surface area contributed by atoms with Gasteiger partial charge in [-0.25, -0.2) is 4.68 Å². The molecule has 2 aromatic carbocycles. The Balaban J connectivity index is 0.00000272. The summed E-state index contributed by atoms with van der Waals surface area (Å²) in [5, 5.41) is 7.61. The standard InChI is InChI=1S/C22H21F2N3O3.ClH/c23-22(24)30-18-7-5-17(6-8-18)27-11-9-19(26-27)20(28)13-15-1-3-16(4-2-15)21-14-25-10-12-29-21;/h1-9,11,21-22,25H,10,12-14H2;1H/t21-;/m0./s1. The molecule has 1 N–H and O–H groups in total. The number of nitrogens with one attached hydrogen (secondary N) is 1. The summed E-state index contributed by atoms with van der Waals surface area (Å²) in [6.07, 6.45) is 1.94. The van der Waals surface area contributed by atoms with Crippen molar-refractivity contribution in [3.05, 3.63) is 77.6 Å². The van der Waals surface area contributed by atoms with Crippen LogP contribution >= 0.6 is 12.4 Å². The molecule has 0 unspecified atom stereocenters. The lowest BCUT2D eigenvalue weighted by atomic mass is 10.0. The molecular weight excluding hydrogens is 428 g/mol. The fraction of sp³-hybridized carbons (Fsp3) is 0.273. The predicted molar refractivity (Wildman–Crippen MR) is 113 cm³/mol. The molecule has 0 amide bonds. The minimum absolute atomic E-state index is 0. The van der Waals surface area contributed by atoms with E-state index >= 15 is 0 Å². The van der Waals surface area contributed by atoms with Crippen LogP contribution in [0.25, 0.3) is 5.69 Å². The quantitative estimate of drug-likeness (QED) is 0.553. The summed E-state index contributed by atoms with van der Waals surface area (Å²) < 4.78 is 36.1. The van der Waals surface area contributed by atoms with Gasteiger partial charge in [-0.15, -0.1) is 12.4 Å². The number of alkyl halides is 2. The maximum Gasteiger partial charge on any atom is 0.387 e. The lowest BCUT2D eigenvalue weighted by Gasteiger charge is -2.24. The highest BCUT2D eigenvalue weighted by atomic mass is 35.5. The van der Waals surface area contributed by atoms with E-state index in [1.54, 1.807) is 24.4 Å². The van der Waals surface area contributed by atoms with Crippen LogP contribution in [-0.2, 0) is 11.2 Å². The molecule has 2 heterocycles. The molecule has 9 heteroatoms. The van der Waals surface area contributed by atoms with Crippen LogP contribution in [-0.4, -0.2) is 41.9 Å². The number of aromatic nitrogens is 2. The van der Waals surface area contributed by atoms with Crippen LogP contribution in [0.2, 0.25) is 0 Å². The summed E-state index contributed by atoms with van der Waals surface area (Å²) in [4.78, 5) is 12.6. The second-order valence-electron chi connectivity index (χ2n) is 6.92. The summed E-state index contributed by atoms with van der Waals surface area (Å²) in [7, 11) is 0. The van der Waals surface area contributed by atoms with Crippen molar-refractivity contribution in [2.45, 2.75) is 19.1 Å². The van der Waals surface area contributed by atoms with Crippen molar-refractivity contribution in [2.75, 3.05) is 19.7 Å². The molecule has 0 saturated carbocycles. The van der Waals surface area contributed by atoms with Crippen molar-refractivity contribution in [1.29, 1.82) is 0 Å². The van der Waals surface area contributed by atoms with Crippen LogP contribution in [0, 0.1) is 0 Å². The zero-order valence-corrected chi connectivity index (χ0v) is 17.4. The van der Waals surface area contributed by atoms with E-state index in [0.717, 1.165) is 24.2 Å². The zero-order valence-electron chi connectivity index (χ0n) is 16.5. The van der Waals surface area contributed by atoms with E-state index in [4.69, 9.17) is 4.74 Å². The molecule has 0 aliphatic carbocycles. The fourth-order valence-electron chi connectivity index (χ4n) is 3.30. The normalized spacial score (nSPS) is 16.0. The van der Waals surface area contributed by atoms with Gasteiger partial charge in [0.1, 0.15) is 11.4 Å². The molecule has 1 aliphatic heterocycles. The van der Waals surface area contributed by atoms with Gasteiger partial charge >= 0.3 is 6.61 Å². The zero-order chi connectivity index (χ0) is 20.9. The summed E-state index contributed by atoms with van der Waals surface area (Å²) >= 11 is 0. The maximum absolute atomic E-state index is 12.6. The minimum Gasteiger partial charge on any atom is -0.435 e. The average molecular weight is 450 g/mol. The minimum atomic E-state index is -2.87. The number of morpholine rings is 1. The molecule has 31 heavy (non-hydrogen) atoms. The van der Waals surface area contributed by atoms with E-state index in [-0.39, 0.29) is 36.5 Å². The van der Waals surface area contributed by atoms with Crippen molar-refractivity contribution in [2.24, 2.45) is 0 Å². The van der Waals surface area contributed by atoms with Gasteiger partial charge in [0.15, 0.2) is 5.78 Å². The van der Waals surface area contributed by atoms with Crippen LogP contribution in [0.5, 0.6) is 5.75 Å². The summed E-state index contributed by atoms with van der Waals surface area (Å²) in [6, 6.07) is 15.5. The maximum atomic E-state index is 12.6. The lowest BCUT2D eigenvalue weighted by molar-refractivity contribution is -0.0498. The van der Waals surface area contributed by atoms with Crippen molar-refractivity contribution >= 4 is 18.2 Å². The molecule has 4 rings (SSSR count). The molecule has 1 aliphatic rings. The first kappa shape index (κ1) is 22.9. The highest BCUT2D eigenvalue weighted by molar-refractivity contribution is 5.95. The highest BCUT2D eigenvalue weighted by Crippen LogP contribution is 2.20. The van der Waals surface area contributed by atoms with Crippen LogP contribution in [0.1, 0.15) is 27.7 Å². The number of hydrogen-bond donors (Lipinski definition) is 1. The number of rotatable bonds is 7. The Morgan fingerprint density at radius 3 is 2.55 bits per heavy atom. The van der Waals surface area contributed by atoms with Gasteiger partial charge in [0, 0.05) is 25.7 Å². The number of hydrogen-bond acceptors (Lipinski definition) is 5. The number of carbonyl (C=O) groups excluding carboxylic acids is 1. The number of ether oxygens (including phenoxy) is 2. The first-order valence-electron chi connectivity index (χ1n) is 9.64. The third kappa shape index (κ3) is 5.88. The van der Waals surface area contributed by atoms with Gasteiger partial charge in [0.25, 0.3) is 0 Å². The monoisotopic (exact) mass is 449 g/mol. The predicted octanol–water partition coefficient (Wildman–Crippen LogP) is 3.98. The molecule has 6 nitrogen and oxygen atoms in total. The van der Waals surface area contributed by atoms with Gasteiger partial charge in [-0.3, -0.25) is 4.79 Å². The molecule has 1 saturated heterocycles. The van der Waals surface area contributed by atoms with Gasteiger partial charge < -0.3 is 14.8 Å². The topological polar surface area (TPSA) is 65.4 Å². The van der Waals surface area contributed by atoms with Gasteiger partial charge in [-0.2, -0.15) is 13.9 Å². The molecule has 1 fully saturated rings. The molecule has 0 bridgehead atoms. The van der Waals surface area contributed by atoms with Crippen LogP contribution in [0.4, 0.5) is 8.78 Å². The van der Waals surface area contributed by atoms with E-state index < -0.39 is 6.61 Å². The second kappa shape index (κ2) is 10.5. The van der Waals surface area contributed by atoms with Crippen molar-refractivity contribution in [3.8, 4) is 11.4 Å². The van der Waals surface area contributed by atoms with Crippen molar-refractivity contribution < 1.29 is 23.0 Å². The molecule has 1 atom stereocenters. The Morgan fingerprint density at radius 2 is 1.90 bits per heavy atom. The van der Waals surface area contributed by atoms with E-state index in [1.165, 1.54) is 16.8 Å².